The first-order valence-corrected chi connectivity index (χ1v) is 8.39. The third-order valence-electron chi connectivity index (χ3n) is 3.76. The summed E-state index contributed by atoms with van der Waals surface area (Å²) in [5, 5.41) is 20.2. The molecule has 0 aromatic carbocycles. The minimum atomic E-state index is 0.475. The van der Waals surface area contributed by atoms with Gasteiger partial charge in [-0.25, -0.2) is 4.98 Å². The largest absolute Gasteiger partial charge is 0.316 e. The second-order valence-corrected chi connectivity index (χ2v) is 6.23. The molecule has 3 heterocycles. The van der Waals surface area contributed by atoms with E-state index >= 15 is 0 Å². The quantitative estimate of drug-likeness (QED) is 0.809. The van der Waals surface area contributed by atoms with Gasteiger partial charge in [-0.1, -0.05) is 18.7 Å². The van der Waals surface area contributed by atoms with Crippen LogP contribution >= 0.6 is 11.8 Å². The molecule has 1 aliphatic rings. The molecule has 1 atom stereocenters. The molecule has 0 unspecified atom stereocenters. The zero-order valence-electron chi connectivity index (χ0n) is 12.5. The molecule has 2 aromatic rings. The van der Waals surface area contributed by atoms with E-state index in [9.17, 15) is 0 Å². The molecule has 114 valence electrons. The Morgan fingerprint density at radius 1 is 1.38 bits per heavy atom. The Labute approximate surface area is 128 Å². The fourth-order valence-electron chi connectivity index (χ4n) is 2.57. The number of aromatic nitrogens is 6. The summed E-state index contributed by atoms with van der Waals surface area (Å²) in [6.45, 7) is 4.16. The summed E-state index contributed by atoms with van der Waals surface area (Å²) in [7, 11) is 2.05. The van der Waals surface area contributed by atoms with Crippen molar-refractivity contribution < 1.29 is 0 Å². The van der Waals surface area contributed by atoms with E-state index in [0.29, 0.717) is 5.92 Å². The van der Waals surface area contributed by atoms with Gasteiger partial charge in [-0.3, -0.25) is 5.10 Å². The highest BCUT2D eigenvalue weighted by Crippen LogP contribution is 2.25. The third-order valence-corrected chi connectivity index (χ3v) is 4.79. The number of aromatic amines is 1. The summed E-state index contributed by atoms with van der Waals surface area (Å²) >= 11 is 1.64. The lowest BCUT2D eigenvalue weighted by atomic mass is 9.99. The number of piperidine rings is 1. The van der Waals surface area contributed by atoms with Gasteiger partial charge in [-0.05, 0) is 19.4 Å². The Kier molecular flexibility index (Phi) is 4.54. The molecule has 0 spiro atoms. The van der Waals surface area contributed by atoms with E-state index in [1.54, 1.807) is 11.8 Å². The lowest BCUT2D eigenvalue weighted by Crippen LogP contribution is -2.29. The van der Waals surface area contributed by atoms with Crippen molar-refractivity contribution in [1.82, 2.24) is 35.3 Å². The highest BCUT2D eigenvalue weighted by atomic mass is 32.2. The van der Waals surface area contributed by atoms with Crippen molar-refractivity contribution in [2.75, 3.05) is 13.1 Å². The van der Waals surface area contributed by atoms with E-state index in [1.165, 1.54) is 12.8 Å². The molecule has 21 heavy (non-hydrogen) atoms. The van der Waals surface area contributed by atoms with E-state index in [2.05, 4.69) is 35.3 Å². The molecular weight excluding hydrogens is 286 g/mol. The van der Waals surface area contributed by atoms with E-state index < -0.39 is 0 Å². The highest BCUT2D eigenvalue weighted by Gasteiger charge is 2.21. The predicted molar refractivity (Wildman–Crippen MR) is 81.2 cm³/mol. The number of hydrogen-bond donors (Lipinski definition) is 2. The average molecular weight is 307 g/mol. The van der Waals surface area contributed by atoms with Crippen LogP contribution in [0.1, 0.15) is 43.2 Å². The van der Waals surface area contributed by atoms with Crippen molar-refractivity contribution in [3.8, 4) is 0 Å². The SMILES string of the molecule is CCc1n[nH]c(CSc2nnc([C@H]3CCCNC3)n2C)n1. The predicted octanol–water partition coefficient (Wildman–Crippen LogP) is 1.25. The summed E-state index contributed by atoms with van der Waals surface area (Å²) in [6.07, 6.45) is 3.24. The third kappa shape index (κ3) is 3.26. The molecule has 0 saturated carbocycles. The van der Waals surface area contributed by atoms with Crippen LogP contribution in [-0.4, -0.2) is 43.0 Å². The molecule has 0 amide bonds. The number of thioether (sulfide) groups is 1. The smallest absolute Gasteiger partial charge is 0.191 e. The molecule has 7 nitrogen and oxygen atoms in total. The maximum absolute atomic E-state index is 4.42. The van der Waals surface area contributed by atoms with Crippen LogP contribution in [-0.2, 0) is 19.2 Å². The minimum absolute atomic E-state index is 0.475. The zero-order chi connectivity index (χ0) is 14.7. The molecular formula is C13H21N7S. The molecule has 8 heteroatoms. The first-order valence-electron chi connectivity index (χ1n) is 7.41. The van der Waals surface area contributed by atoms with Gasteiger partial charge in [-0.15, -0.1) is 10.2 Å². The van der Waals surface area contributed by atoms with E-state index in [1.807, 2.05) is 14.0 Å². The Balaban J connectivity index is 1.64. The summed E-state index contributed by atoms with van der Waals surface area (Å²) in [5.74, 6) is 4.04. The number of nitrogens with one attached hydrogen (secondary N) is 2. The lowest BCUT2D eigenvalue weighted by Gasteiger charge is -2.21. The lowest BCUT2D eigenvalue weighted by molar-refractivity contribution is 0.436. The van der Waals surface area contributed by atoms with Gasteiger partial charge in [0.2, 0.25) is 0 Å². The van der Waals surface area contributed by atoms with Crippen molar-refractivity contribution in [2.24, 2.45) is 7.05 Å². The Bertz CT molecular complexity index is 585. The van der Waals surface area contributed by atoms with Crippen LogP contribution < -0.4 is 5.32 Å². The molecule has 0 aliphatic carbocycles. The molecule has 3 rings (SSSR count). The van der Waals surface area contributed by atoms with Crippen LogP contribution in [0.3, 0.4) is 0 Å². The van der Waals surface area contributed by atoms with Crippen LogP contribution in [0.25, 0.3) is 0 Å². The van der Waals surface area contributed by atoms with Crippen LogP contribution in [0.2, 0.25) is 0 Å². The normalized spacial score (nSPS) is 19.0. The molecule has 1 aliphatic heterocycles. The zero-order valence-corrected chi connectivity index (χ0v) is 13.3. The Morgan fingerprint density at radius 3 is 3.00 bits per heavy atom. The van der Waals surface area contributed by atoms with E-state index in [-0.39, 0.29) is 0 Å². The first-order chi connectivity index (χ1) is 10.3. The van der Waals surface area contributed by atoms with Crippen LogP contribution in [0.4, 0.5) is 0 Å². The summed E-state index contributed by atoms with van der Waals surface area (Å²) in [6, 6.07) is 0. The maximum Gasteiger partial charge on any atom is 0.191 e. The number of H-pyrrole nitrogens is 1. The first kappa shape index (κ1) is 14.5. The molecule has 2 N–H and O–H groups in total. The molecule has 1 fully saturated rings. The Hall–Kier alpha value is -1.41. The molecule has 0 radical (unpaired) electrons. The fraction of sp³-hybridized carbons (Fsp3) is 0.692. The summed E-state index contributed by atoms with van der Waals surface area (Å²) in [4.78, 5) is 4.42. The highest BCUT2D eigenvalue weighted by molar-refractivity contribution is 7.98. The van der Waals surface area contributed by atoms with Crippen LogP contribution in [0.15, 0.2) is 5.16 Å². The topological polar surface area (TPSA) is 84.3 Å². The molecule has 2 aromatic heterocycles. The van der Waals surface area contributed by atoms with Crippen molar-refractivity contribution in [1.29, 1.82) is 0 Å². The number of aryl methyl sites for hydroxylation is 1. The van der Waals surface area contributed by atoms with Gasteiger partial charge >= 0.3 is 0 Å². The summed E-state index contributed by atoms with van der Waals surface area (Å²) < 4.78 is 2.11. The van der Waals surface area contributed by atoms with Gasteiger partial charge in [0.15, 0.2) is 5.16 Å². The minimum Gasteiger partial charge on any atom is -0.316 e. The van der Waals surface area contributed by atoms with Gasteiger partial charge in [0.1, 0.15) is 17.5 Å². The van der Waals surface area contributed by atoms with E-state index in [0.717, 1.165) is 47.9 Å². The van der Waals surface area contributed by atoms with Gasteiger partial charge in [0, 0.05) is 25.9 Å². The molecule has 0 bridgehead atoms. The van der Waals surface area contributed by atoms with Gasteiger partial charge in [0.25, 0.3) is 0 Å². The standard InChI is InChI=1S/C13H21N7S/c1-3-10-15-11(17-16-10)8-21-13-19-18-12(20(13)2)9-5-4-6-14-7-9/h9,14H,3-8H2,1-2H3,(H,15,16,17)/t9-/m0/s1. The second kappa shape index (κ2) is 6.57. The average Bonchev–Trinajstić information content (AvgIpc) is 3.13. The van der Waals surface area contributed by atoms with Crippen molar-refractivity contribution in [3.05, 3.63) is 17.5 Å². The van der Waals surface area contributed by atoms with Crippen LogP contribution in [0, 0.1) is 0 Å². The fourth-order valence-corrected chi connectivity index (χ4v) is 3.35. The number of hydrogen-bond acceptors (Lipinski definition) is 6. The summed E-state index contributed by atoms with van der Waals surface area (Å²) in [5.41, 5.74) is 0. The monoisotopic (exact) mass is 307 g/mol. The Morgan fingerprint density at radius 2 is 2.29 bits per heavy atom. The number of nitrogens with zero attached hydrogens (tertiary/aromatic N) is 5. The molecule has 1 saturated heterocycles. The maximum atomic E-state index is 4.42. The van der Waals surface area contributed by atoms with Crippen molar-refractivity contribution >= 4 is 11.8 Å². The van der Waals surface area contributed by atoms with Gasteiger partial charge in [-0.2, -0.15) is 5.10 Å². The number of rotatable bonds is 5. The van der Waals surface area contributed by atoms with Crippen molar-refractivity contribution in [2.45, 2.75) is 43.0 Å². The van der Waals surface area contributed by atoms with E-state index in [4.69, 9.17) is 0 Å². The van der Waals surface area contributed by atoms with Gasteiger partial charge in [0.05, 0.1) is 5.75 Å². The van der Waals surface area contributed by atoms with Gasteiger partial charge < -0.3 is 9.88 Å². The van der Waals surface area contributed by atoms with Crippen molar-refractivity contribution in [3.63, 3.8) is 0 Å². The van der Waals surface area contributed by atoms with Crippen LogP contribution in [0.5, 0.6) is 0 Å². The second-order valence-electron chi connectivity index (χ2n) is 5.28.